The van der Waals surface area contributed by atoms with E-state index in [1.165, 1.54) is 143 Å². The summed E-state index contributed by atoms with van der Waals surface area (Å²) in [5, 5.41) is 2.50. The minimum absolute atomic E-state index is 0.598. The molecular weight excluding hydrogens is 881 g/mol. The Kier molecular flexibility index (Phi) is 10.3. The van der Waals surface area contributed by atoms with Crippen LogP contribution in [0.5, 0.6) is 0 Å². The van der Waals surface area contributed by atoms with Crippen LogP contribution in [0, 0.1) is 13.8 Å². The molecule has 1 aromatic heterocycles. The minimum Gasteiger partial charge on any atom is -0.311 e. The van der Waals surface area contributed by atoms with Gasteiger partial charge in [0.2, 0.25) is 0 Å². The number of allylic oxidation sites excluding steroid dienone is 4. The summed E-state index contributed by atoms with van der Waals surface area (Å²) < 4.78 is 2.51. The van der Waals surface area contributed by atoms with Gasteiger partial charge in [-0.05, 0) is 196 Å². The minimum atomic E-state index is -0.627. The Morgan fingerprint density at radius 2 is 1.03 bits per heavy atom. The first-order valence-corrected chi connectivity index (χ1v) is 26.5. The van der Waals surface area contributed by atoms with Gasteiger partial charge in [-0.3, -0.25) is 0 Å². The average molecular weight is 939 g/mol. The molecule has 352 valence electrons. The van der Waals surface area contributed by atoms with Crippen molar-refractivity contribution in [2.45, 2.75) is 69.6 Å². The van der Waals surface area contributed by atoms with Gasteiger partial charge in [0.15, 0.2) is 0 Å². The van der Waals surface area contributed by atoms with Gasteiger partial charge in [-0.2, -0.15) is 0 Å². The molecule has 0 N–H and O–H groups in total. The molecule has 0 radical (unpaired) electrons. The Morgan fingerprint density at radius 3 is 1.68 bits per heavy atom. The van der Waals surface area contributed by atoms with Crippen LogP contribution in [0.15, 0.2) is 236 Å². The van der Waals surface area contributed by atoms with Crippen LogP contribution in [-0.4, -0.2) is 4.57 Å². The van der Waals surface area contributed by atoms with E-state index in [4.69, 9.17) is 6.58 Å². The fraction of sp³-hybridized carbons (Fsp3) is 0.155. The van der Waals surface area contributed by atoms with E-state index < -0.39 is 5.41 Å². The zero-order valence-corrected chi connectivity index (χ0v) is 41.8. The van der Waals surface area contributed by atoms with Crippen LogP contribution in [-0.2, 0) is 11.8 Å². The monoisotopic (exact) mass is 938 g/mol. The average Bonchev–Trinajstić information content (AvgIpc) is 4.14. The summed E-state index contributed by atoms with van der Waals surface area (Å²) in [6.45, 7) is 9.43. The van der Waals surface area contributed by atoms with Crippen molar-refractivity contribution in [3.8, 4) is 39.1 Å². The van der Waals surface area contributed by atoms with Gasteiger partial charge >= 0.3 is 0 Å². The highest BCUT2D eigenvalue weighted by Gasteiger charge is 2.47. The maximum Gasteiger partial charge on any atom is 0.0710 e. The van der Waals surface area contributed by atoms with Crippen LogP contribution in [0.25, 0.3) is 60.9 Å². The standard InChI is InChI=1S/C71H58N2/c1-46-17-4-7-22-56(46)63-44-54(38-40-58(63)49-20-16-21-49)72-48(3)31-35-52(36-34-51-19-6-14-29-68(51)72)71(66-27-12-9-24-60(66)61-25-10-13-28-67(61)71)53-37-42-70-65(43-53)62-26-11-15-30-69(62)73(70)55-39-41-59(50-32-33-50)64(45-55)57-23-8-5-18-47(57)2/h4-15,17-19,22-31,35-45,49-50H,3,16,20-21,32-34H2,1-2H3/b35-31-,52-36+. The van der Waals surface area contributed by atoms with Gasteiger partial charge in [0.25, 0.3) is 0 Å². The van der Waals surface area contributed by atoms with E-state index in [0.29, 0.717) is 11.8 Å². The SMILES string of the molecule is C=C1/C=C\C(C2(c3ccc4c(c3)c3ccccc3n4-c3ccc(C4CC4)c(-c4ccccc4C)c3)c3ccccc3-c3ccccc32)=C/Cc2ccccc2N1c1ccc(C2CCC2)c(-c2ccccc2C)c1. The highest BCUT2D eigenvalue weighted by molar-refractivity contribution is 6.10. The molecule has 0 saturated heterocycles. The number of fused-ring (bicyclic) bond motifs is 7. The molecule has 10 aromatic rings. The molecule has 0 spiro atoms. The predicted octanol–water partition coefficient (Wildman–Crippen LogP) is 18.6. The molecule has 2 saturated carbocycles. The Balaban J connectivity index is 0.961. The van der Waals surface area contributed by atoms with Gasteiger partial charge in [0.05, 0.1) is 16.4 Å². The van der Waals surface area contributed by atoms with Gasteiger partial charge < -0.3 is 9.47 Å². The second-order valence-corrected chi connectivity index (χ2v) is 21.2. The van der Waals surface area contributed by atoms with Crippen LogP contribution in [0.2, 0.25) is 0 Å². The second kappa shape index (κ2) is 17.2. The first kappa shape index (κ1) is 43.6. The first-order valence-electron chi connectivity index (χ1n) is 26.5. The summed E-state index contributed by atoms with van der Waals surface area (Å²) in [6.07, 6.45) is 14.3. The molecule has 2 nitrogen and oxygen atoms in total. The Morgan fingerprint density at radius 1 is 0.466 bits per heavy atom. The number of para-hydroxylation sites is 2. The van der Waals surface area contributed by atoms with Gasteiger partial charge in [0, 0.05) is 33.5 Å². The number of nitrogens with zero attached hydrogens (tertiary/aromatic N) is 2. The fourth-order valence-electron chi connectivity index (χ4n) is 13.1. The van der Waals surface area contributed by atoms with Crippen molar-refractivity contribution in [1.29, 1.82) is 0 Å². The van der Waals surface area contributed by atoms with Crippen LogP contribution >= 0.6 is 0 Å². The predicted molar refractivity (Wildman–Crippen MR) is 307 cm³/mol. The molecule has 4 aliphatic rings. The van der Waals surface area contributed by atoms with E-state index in [1.54, 1.807) is 0 Å². The summed E-state index contributed by atoms with van der Waals surface area (Å²) in [6, 6.07) is 75.9. The molecular formula is C71H58N2. The lowest BCUT2D eigenvalue weighted by molar-refractivity contribution is 0.420. The molecule has 0 atom stereocenters. The number of benzene rings is 9. The molecule has 14 rings (SSSR count). The summed E-state index contributed by atoms with van der Waals surface area (Å²) >= 11 is 0. The summed E-state index contributed by atoms with van der Waals surface area (Å²) in [4.78, 5) is 2.40. The third kappa shape index (κ3) is 6.91. The normalized spacial score (nSPS) is 17.2. The third-order valence-electron chi connectivity index (χ3n) is 17.0. The molecule has 2 fully saturated rings. The molecule has 3 aliphatic carbocycles. The maximum atomic E-state index is 4.93. The molecule has 9 aromatic carbocycles. The molecule has 0 bridgehead atoms. The van der Waals surface area contributed by atoms with Crippen molar-refractivity contribution in [3.63, 3.8) is 0 Å². The summed E-state index contributed by atoms with van der Waals surface area (Å²) in [7, 11) is 0. The maximum absolute atomic E-state index is 4.93. The number of hydrogen-bond donors (Lipinski definition) is 0. The van der Waals surface area contributed by atoms with Crippen LogP contribution in [0.1, 0.15) is 88.4 Å². The lowest BCUT2D eigenvalue weighted by Crippen LogP contribution is -2.29. The third-order valence-corrected chi connectivity index (χ3v) is 17.0. The smallest absolute Gasteiger partial charge is 0.0710 e. The van der Waals surface area contributed by atoms with Gasteiger partial charge in [-0.25, -0.2) is 0 Å². The van der Waals surface area contributed by atoms with Crippen molar-refractivity contribution in [3.05, 3.63) is 281 Å². The quantitative estimate of drug-likeness (QED) is 0.147. The Hall–Kier alpha value is -8.20. The Bertz CT molecular complexity index is 3890. The van der Waals surface area contributed by atoms with Gasteiger partial charge in [-0.15, -0.1) is 0 Å². The molecule has 73 heavy (non-hydrogen) atoms. The lowest BCUT2D eigenvalue weighted by Gasteiger charge is -2.35. The highest BCUT2D eigenvalue weighted by atomic mass is 15.1. The first-order chi connectivity index (χ1) is 36.0. The van der Waals surface area contributed by atoms with Gasteiger partial charge in [-0.1, -0.05) is 177 Å². The van der Waals surface area contributed by atoms with E-state index in [0.717, 1.165) is 23.5 Å². The number of hydrogen-bond acceptors (Lipinski definition) is 1. The number of aryl methyl sites for hydroxylation is 2. The van der Waals surface area contributed by atoms with E-state index >= 15 is 0 Å². The zero-order valence-electron chi connectivity index (χ0n) is 41.8. The van der Waals surface area contributed by atoms with Crippen molar-refractivity contribution in [1.82, 2.24) is 4.57 Å². The molecule has 0 unspecified atom stereocenters. The van der Waals surface area contributed by atoms with Gasteiger partial charge in [0.1, 0.15) is 0 Å². The second-order valence-electron chi connectivity index (χ2n) is 21.2. The van der Waals surface area contributed by atoms with Crippen LogP contribution in [0.4, 0.5) is 11.4 Å². The van der Waals surface area contributed by atoms with E-state index in [-0.39, 0.29) is 0 Å². The van der Waals surface area contributed by atoms with Crippen LogP contribution in [0.3, 0.4) is 0 Å². The summed E-state index contributed by atoms with van der Waals surface area (Å²) in [5.74, 6) is 1.23. The largest absolute Gasteiger partial charge is 0.311 e. The van der Waals surface area contributed by atoms with Crippen molar-refractivity contribution in [2.75, 3.05) is 4.90 Å². The fourth-order valence-corrected chi connectivity index (χ4v) is 13.1. The zero-order chi connectivity index (χ0) is 48.8. The number of rotatable bonds is 8. The number of anilines is 2. The van der Waals surface area contributed by atoms with E-state index in [1.807, 2.05) is 0 Å². The number of aromatic nitrogens is 1. The van der Waals surface area contributed by atoms with Crippen molar-refractivity contribution < 1.29 is 0 Å². The van der Waals surface area contributed by atoms with Crippen molar-refractivity contribution >= 4 is 33.2 Å². The Labute approximate surface area is 429 Å². The molecule has 1 aliphatic heterocycles. The van der Waals surface area contributed by atoms with Crippen LogP contribution < -0.4 is 4.90 Å². The molecule has 0 amide bonds. The summed E-state index contributed by atoms with van der Waals surface area (Å²) in [5.41, 5.74) is 26.0. The van der Waals surface area contributed by atoms with E-state index in [9.17, 15) is 0 Å². The highest BCUT2D eigenvalue weighted by Crippen LogP contribution is 2.58. The molecule has 2 heteroatoms. The van der Waals surface area contributed by atoms with E-state index in [2.05, 4.69) is 242 Å². The lowest BCUT2D eigenvalue weighted by atomic mass is 9.66. The van der Waals surface area contributed by atoms with Crippen molar-refractivity contribution in [2.24, 2.45) is 0 Å². The molecule has 2 heterocycles. The topological polar surface area (TPSA) is 8.17 Å².